The van der Waals surface area contributed by atoms with E-state index in [9.17, 15) is 4.79 Å². The van der Waals surface area contributed by atoms with E-state index < -0.39 is 0 Å². The van der Waals surface area contributed by atoms with E-state index in [-0.39, 0.29) is 6.03 Å². The van der Waals surface area contributed by atoms with Crippen LogP contribution in [0.15, 0.2) is 0 Å². The van der Waals surface area contributed by atoms with Crippen LogP contribution in [0.2, 0.25) is 0 Å². The maximum atomic E-state index is 11.8. The quantitative estimate of drug-likeness (QED) is 0.781. The smallest absolute Gasteiger partial charge is 0.317 e. The van der Waals surface area contributed by atoms with E-state index in [4.69, 9.17) is 0 Å². The number of rotatable bonds is 4. The zero-order valence-corrected chi connectivity index (χ0v) is 10.5. The van der Waals surface area contributed by atoms with Crippen molar-refractivity contribution in [3.63, 3.8) is 0 Å². The molecule has 2 rings (SSSR count). The normalized spacial score (nSPS) is 31.8. The Morgan fingerprint density at radius 2 is 2.00 bits per heavy atom. The van der Waals surface area contributed by atoms with Gasteiger partial charge in [-0.1, -0.05) is 6.42 Å². The molecule has 2 bridgehead atoms. The molecule has 92 valence electrons. The number of amides is 2. The second-order valence-electron chi connectivity index (χ2n) is 5.29. The largest absolute Gasteiger partial charge is 0.338 e. The van der Waals surface area contributed by atoms with Gasteiger partial charge in [-0.2, -0.15) is 0 Å². The van der Waals surface area contributed by atoms with Crippen LogP contribution in [0.3, 0.4) is 0 Å². The van der Waals surface area contributed by atoms with Crippen LogP contribution < -0.4 is 5.32 Å². The summed E-state index contributed by atoms with van der Waals surface area (Å²) in [5.41, 5.74) is 0. The molecule has 1 N–H and O–H groups in total. The number of nitrogens with zero attached hydrogens (tertiary/aromatic N) is 1. The Morgan fingerprint density at radius 1 is 1.25 bits per heavy atom. The van der Waals surface area contributed by atoms with Crippen LogP contribution >= 0.6 is 0 Å². The second kappa shape index (κ2) is 5.07. The standard InChI is InChI=1S/C13H24N2O/c1-3-15(4-2)13(16)14-9-12-8-10-5-6-11(12)7-10/h10-12H,3-9H2,1-2H3,(H,14,16). The summed E-state index contributed by atoms with van der Waals surface area (Å²) in [5.74, 6) is 2.64. The third-order valence-corrected chi connectivity index (χ3v) is 4.45. The van der Waals surface area contributed by atoms with E-state index in [2.05, 4.69) is 5.32 Å². The summed E-state index contributed by atoms with van der Waals surface area (Å²) in [4.78, 5) is 13.6. The average Bonchev–Trinajstić information content (AvgIpc) is 2.89. The zero-order valence-electron chi connectivity index (χ0n) is 10.5. The molecular formula is C13H24N2O. The van der Waals surface area contributed by atoms with E-state index in [0.29, 0.717) is 0 Å². The first kappa shape index (κ1) is 11.7. The van der Waals surface area contributed by atoms with Gasteiger partial charge in [-0.15, -0.1) is 0 Å². The molecule has 2 amide bonds. The number of hydrogen-bond donors (Lipinski definition) is 1. The van der Waals surface area contributed by atoms with Crippen molar-refractivity contribution in [2.45, 2.75) is 39.5 Å². The minimum Gasteiger partial charge on any atom is -0.338 e. The third kappa shape index (κ3) is 2.33. The van der Waals surface area contributed by atoms with Crippen molar-refractivity contribution in [1.82, 2.24) is 10.2 Å². The molecule has 0 aromatic carbocycles. The van der Waals surface area contributed by atoms with Crippen molar-refractivity contribution in [3.8, 4) is 0 Å². The van der Waals surface area contributed by atoms with E-state index in [1.807, 2.05) is 18.7 Å². The molecule has 3 unspecified atom stereocenters. The number of fused-ring (bicyclic) bond motifs is 2. The lowest BCUT2D eigenvalue weighted by atomic mass is 9.89. The Labute approximate surface area is 98.6 Å². The van der Waals surface area contributed by atoms with Gasteiger partial charge in [0.25, 0.3) is 0 Å². The number of hydrogen-bond acceptors (Lipinski definition) is 1. The summed E-state index contributed by atoms with van der Waals surface area (Å²) in [5, 5.41) is 3.10. The predicted octanol–water partition coefficient (Wildman–Crippen LogP) is 2.47. The zero-order chi connectivity index (χ0) is 11.5. The molecule has 2 aliphatic rings. The Hall–Kier alpha value is -0.730. The van der Waals surface area contributed by atoms with E-state index in [1.54, 1.807) is 0 Å². The lowest BCUT2D eigenvalue weighted by molar-refractivity contribution is 0.198. The van der Waals surface area contributed by atoms with Crippen LogP contribution in [0.4, 0.5) is 4.79 Å². The van der Waals surface area contributed by atoms with Gasteiger partial charge in [0, 0.05) is 19.6 Å². The van der Waals surface area contributed by atoms with Crippen molar-refractivity contribution < 1.29 is 4.79 Å². The molecule has 16 heavy (non-hydrogen) atoms. The molecule has 3 heteroatoms. The Bertz CT molecular complexity index is 250. The lowest BCUT2D eigenvalue weighted by Gasteiger charge is -2.24. The minimum absolute atomic E-state index is 0.118. The number of carbonyl (C=O) groups is 1. The summed E-state index contributed by atoms with van der Waals surface area (Å²) in [6.07, 6.45) is 5.61. The number of nitrogens with one attached hydrogen (secondary N) is 1. The highest BCUT2D eigenvalue weighted by atomic mass is 16.2. The highest BCUT2D eigenvalue weighted by Gasteiger charge is 2.39. The van der Waals surface area contributed by atoms with Gasteiger partial charge in [-0.3, -0.25) is 0 Å². The second-order valence-corrected chi connectivity index (χ2v) is 5.29. The van der Waals surface area contributed by atoms with E-state index in [1.165, 1.54) is 25.7 Å². The molecule has 2 saturated carbocycles. The molecule has 3 atom stereocenters. The fourth-order valence-electron chi connectivity index (χ4n) is 3.47. The Kier molecular flexibility index (Phi) is 3.72. The molecule has 0 heterocycles. The van der Waals surface area contributed by atoms with Crippen LogP contribution in [0, 0.1) is 17.8 Å². The first-order valence-electron chi connectivity index (χ1n) is 6.77. The summed E-state index contributed by atoms with van der Waals surface area (Å²) < 4.78 is 0. The maximum absolute atomic E-state index is 11.8. The Balaban J connectivity index is 1.73. The van der Waals surface area contributed by atoms with Crippen LogP contribution in [0.25, 0.3) is 0 Å². The van der Waals surface area contributed by atoms with Crippen molar-refractivity contribution in [2.24, 2.45) is 17.8 Å². The van der Waals surface area contributed by atoms with Gasteiger partial charge < -0.3 is 10.2 Å². The molecule has 2 aliphatic carbocycles. The third-order valence-electron chi connectivity index (χ3n) is 4.45. The molecule has 0 spiro atoms. The fourth-order valence-corrected chi connectivity index (χ4v) is 3.47. The molecule has 2 fully saturated rings. The average molecular weight is 224 g/mol. The van der Waals surface area contributed by atoms with Crippen LogP contribution in [0.1, 0.15) is 39.5 Å². The van der Waals surface area contributed by atoms with Crippen molar-refractivity contribution in [2.75, 3.05) is 19.6 Å². The first-order valence-corrected chi connectivity index (χ1v) is 6.77. The van der Waals surface area contributed by atoms with Crippen molar-refractivity contribution in [1.29, 1.82) is 0 Å². The highest BCUT2D eigenvalue weighted by Crippen LogP contribution is 2.47. The molecule has 0 aromatic heterocycles. The van der Waals surface area contributed by atoms with Gasteiger partial charge in [-0.25, -0.2) is 4.79 Å². The number of carbonyl (C=O) groups excluding carboxylic acids is 1. The molecule has 0 radical (unpaired) electrons. The molecule has 0 saturated heterocycles. The summed E-state index contributed by atoms with van der Waals surface area (Å²) in [6, 6.07) is 0.118. The van der Waals surface area contributed by atoms with Gasteiger partial charge in [0.15, 0.2) is 0 Å². The highest BCUT2D eigenvalue weighted by molar-refractivity contribution is 5.74. The maximum Gasteiger partial charge on any atom is 0.317 e. The molecule has 3 nitrogen and oxygen atoms in total. The molecule has 0 aromatic rings. The van der Waals surface area contributed by atoms with Crippen LogP contribution in [-0.2, 0) is 0 Å². The van der Waals surface area contributed by atoms with E-state index >= 15 is 0 Å². The van der Waals surface area contributed by atoms with Crippen molar-refractivity contribution in [3.05, 3.63) is 0 Å². The van der Waals surface area contributed by atoms with Gasteiger partial charge >= 0.3 is 6.03 Å². The van der Waals surface area contributed by atoms with Gasteiger partial charge in [0.05, 0.1) is 0 Å². The van der Waals surface area contributed by atoms with Gasteiger partial charge in [-0.05, 0) is 50.9 Å². The fraction of sp³-hybridized carbons (Fsp3) is 0.923. The summed E-state index contributed by atoms with van der Waals surface area (Å²) in [6.45, 7) is 6.57. The molecular weight excluding hydrogens is 200 g/mol. The number of urea groups is 1. The summed E-state index contributed by atoms with van der Waals surface area (Å²) in [7, 11) is 0. The van der Waals surface area contributed by atoms with Crippen LogP contribution in [0.5, 0.6) is 0 Å². The van der Waals surface area contributed by atoms with Crippen molar-refractivity contribution >= 4 is 6.03 Å². The van der Waals surface area contributed by atoms with Gasteiger partial charge in [0.2, 0.25) is 0 Å². The monoisotopic (exact) mass is 224 g/mol. The minimum atomic E-state index is 0.118. The first-order chi connectivity index (χ1) is 7.74. The van der Waals surface area contributed by atoms with Crippen LogP contribution in [-0.4, -0.2) is 30.6 Å². The topological polar surface area (TPSA) is 32.3 Å². The summed E-state index contributed by atoms with van der Waals surface area (Å²) >= 11 is 0. The lowest BCUT2D eigenvalue weighted by Crippen LogP contribution is -2.42. The molecule has 0 aliphatic heterocycles. The SMILES string of the molecule is CCN(CC)C(=O)NCC1CC2CCC1C2. The van der Waals surface area contributed by atoms with E-state index in [0.717, 1.165) is 37.4 Å². The predicted molar refractivity (Wildman–Crippen MR) is 65.3 cm³/mol. The van der Waals surface area contributed by atoms with Gasteiger partial charge in [0.1, 0.15) is 0 Å². The Morgan fingerprint density at radius 3 is 2.50 bits per heavy atom.